The van der Waals surface area contributed by atoms with Gasteiger partial charge in [0.1, 0.15) is 5.75 Å². The minimum absolute atomic E-state index is 0.0824. The van der Waals surface area contributed by atoms with Crippen LogP contribution in [0.15, 0.2) is 50.8 Å². The Balaban J connectivity index is 1.46. The van der Waals surface area contributed by atoms with Crippen molar-refractivity contribution in [3.8, 4) is 16.5 Å². The second kappa shape index (κ2) is 7.38. The summed E-state index contributed by atoms with van der Waals surface area (Å²) in [5.41, 5.74) is 0. The van der Waals surface area contributed by atoms with Gasteiger partial charge in [-0.3, -0.25) is 0 Å². The zero-order valence-electron chi connectivity index (χ0n) is 11.8. The minimum Gasteiger partial charge on any atom is -0.482 e. The maximum Gasteiger partial charge on any atom is 0.344 e. The van der Waals surface area contributed by atoms with Crippen LogP contribution in [0.1, 0.15) is 5.89 Å². The van der Waals surface area contributed by atoms with Crippen LogP contribution in [0.25, 0.3) is 10.7 Å². The summed E-state index contributed by atoms with van der Waals surface area (Å²) in [7, 11) is 0. The molecule has 3 rings (SSSR count). The lowest BCUT2D eigenvalue weighted by molar-refractivity contribution is -0.148. The van der Waals surface area contributed by atoms with E-state index in [2.05, 4.69) is 26.1 Å². The van der Waals surface area contributed by atoms with Gasteiger partial charge >= 0.3 is 5.97 Å². The lowest BCUT2D eigenvalue weighted by atomic mass is 10.3. The molecule has 0 atom stereocenters. The Morgan fingerprint density at radius 1 is 1.26 bits per heavy atom. The Morgan fingerprint density at radius 3 is 2.83 bits per heavy atom. The van der Waals surface area contributed by atoms with E-state index in [-0.39, 0.29) is 19.1 Å². The predicted molar refractivity (Wildman–Crippen MR) is 87.0 cm³/mol. The maximum absolute atomic E-state index is 11.6. The fourth-order valence-corrected chi connectivity index (χ4v) is 2.59. The molecule has 0 bridgehead atoms. The number of hydrogen-bond donors (Lipinski definition) is 0. The summed E-state index contributed by atoms with van der Waals surface area (Å²) < 4.78 is 16.3. The van der Waals surface area contributed by atoms with Crippen LogP contribution in [-0.4, -0.2) is 22.7 Å². The third kappa shape index (κ3) is 4.40. The molecule has 0 saturated heterocycles. The highest BCUT2D eigenvalue weighted by Crippen LogP contribution is 2.21. The van der Waals surface area contributed by atoms with E-state index in [9.17, 15) is 4.79 Å². The summed E-state index contributed by atoms with van der Waals surface area (Å²) >= 11 is 4.83. The highest BCUT2D eigenvalue weighted by Gasteiger charge is 2.12. The number of halogens is 1. The normalized spacial score (nSPS) is 10.5. The smallest absolute Gasteiger partial charge is 0.344 e. The molecule has 8 heteroatoms. The number of rotatable bonds is 6. The maximum atomic E-state index is 11.6. The average molecular weight is 395 g/mol. The van der Waals surface area contributed by atoms with Crippen molar-refractivity contribution in [1.82, 2.24) is 10.1 Å². The van der Waals surface area contributed by atoms with Crippen molar-refractivity contribution >= 4 is 33.2 Å². The highest BCUT2D eigenvalue weighted by molar-refractivity contribution is 9.10. The Bertz CT molecular complexity index is 771. The van der Waals surface area contributed by atoms with Gasteiger partial charge < -0.3 is 14.0 Å². The standard InChI is InChI=1S/C15H11BrN2O4S/c16-10-3-5-11(6-4-10)20-9-14(19)21-8-13-17-15(18-22-13)12-2-1-7-23-12/h1-7H,8-9H2. The van der Waals surface area contributed by atoms with Crippen LogP contribution in [0.5, 0.6) is 5.75 Å². The quantitative estimate of drug-likeness (QED) is 0.593. The zero-order valence-corrected chi connectivity index (χ0v) is 14.2. The number of carbonyl (C=O) groups is 1. The summed E-state index contributed by atoms with van der Waals surface area (Å²) in [4.78, 5) is 16.7. The van der Waals surface area contributed by atoms with Crippen LogP contribution >= 0.6 is 27.3 Å². The summed E-state index contributed by atoms with van der Waals surface area (Å²) in [5.74, 6) is 0.800. The van der Waals surface area contributed by atoms with E-state index in [4.69, 9.17) is 14.0 Å². The number of ether oxygens (including phenoxy) is 2. The van der Waals surface area contributed by atoms with Crippen molar-refractivity contribution in [3.63, 3.8) is 0 Å². The van der Waals surface area contributed by atoms with E-state index in [1.807, 2.05) is 29.6 Å². The number of hydrogen-bond acceptors (Lipinski definition) is 7. The zero-order chi connectivity index (χ0) is 16.1. The van der Waals surface area contributed by atoms with E-state index in [0.717, 1.165) is 9.35 Å². The van der Waals surface area contributed by atoms with Gasteiger partial charge in [-0.05, 0) is 35.7 Å². The van der Waals surface area contributed by atoms with Crippen molar-refractivity contribution in [3.05, 3.63) is 52.1 Å². The third-order valence-electron chi connectivity index (χ3n) is 2.74. The lowest BCUT2D eigenvalue weighted by Gasteiger charge is -2.05. The molecule has 0 spiro atoms. The van der Waals surface area contributed by atoms with Crippen molar-refractivity contribution in [2.24, 2.45) is 0 Å². The first-order valence-corrected chi connectivity index (χ1v) is 8.28. The predicted octanol–water partition coefficient (Wildman–Crippen LogP) is 3.68. The monoisotopic (exact) mass is 394 g/mol. The summed E-state index contributed by atoms with van der Waals surface area (Å²) in [6.07, 6.45) is 0. The van der Waals surface area contributed by atoms with E-state index in [1.165, 1.54) is 11.3 Å². The summed E-state index contributed by atoms with van der Waals surface area (Å²) in [6.45, 7) is -0.269. The van der Waals surface area contributed by atoms with Crippen LogP contribution < -0.4 is 4.74 Å². The van der Waals surface area contributed by atoms with Crippen LogP contribution in [0, 0.1) is 0 Å². The molecule has 0 aliphatic carbocycles. The Morgan fingerprint density at radius 2 is 2.09 bits per heavy atom. The summed E-state index contributed by atoms with van der Waals surface area (Å²) in [5, 5.41) is 5.76. The topological polar surface area (TPSA) is 74.5 Å². The molecule has 3 aromatic rings. The van der Waals surface area contributed by atoms with E-state index >= 15 is 0 Å². The molecule has 2 aromatic heterocycles. The molecule has 0 aliphatic heterocycles. The van der Waals surface area contributed by atoms with Gasteiger partial charge in [-0.25, -0.2) is 4.79 Å². The fraction of sp³-hybridized carbons (Fsp3) is 0.133. The Hall–Kier alpha value is -2.19. The molecule has 0 saturated carbocycles. The molecular formula is C15H11BrN2O4S. The number of benzene rings is 1. The van der Waals surface area contributed by atoms with Crippen LogP contribution in [0.3, 0.4) is 0 Å². The molecule has 6 nitrogen and oxygen atoms in total. The van der Waals surface area contributed by atoms with E-state index < -0.39 is 5.97 Å². The van der Waals surface area contributed by atoms with Gasteiger partial charge in [0, 0.05) is 4.47 Å². The first-order chi connectivity index (χ1) is 11.2. The van der Waals surface area contributed by atoms with Gasteiger partial charge in [0.25, 0.3) is 5.89 Å². The fourth-order valence-electron chi connectivity index (χ4n) is 1.68. The number of esters is 1. The molecule has 0 aliphatic rings. The Kier molecular flexibility index (Phi) is 5.04. The van der Waals surface area contributed by atoms with Gasteiger partial charge in [0.05, 0.1) is 4.88 Å². The van der Waals surface area contributed by atoms with Crippen molar-refractivity contribution in [2.75, 3.05) is 6.61 Å². The van der Waals surface area contributed by atoms with Crippen LogP contribution in [-0.2, 0) is 16.1 Å². The second-order valence-corrected chi connectivity index (χ2v) is 6.26. The number of nitrogens with zero attached hydrogens (tertiary/aromatic N) is 2. The number of thiophene rings is 1. The molecule has 0 fully saturated rings. The molecule has 0 N–H and O–H groups in total. The molecule has 1 aromatic carbocycles. The van der Waals surface area contributed by atoms with Crippen molar-refractivity contribution < 1.29 is 18.8 Å². The second-order valence-electron chi connectivity index (χ2n) is 4.39. The number of carbonyl (C=O) groups excluding carboxylic acids is 1. The van der Waals surface area contributed by atoms with Gasteiger partial charge in [-0.2, -0.15) is 4.98 Å². The van der Waals surface area contributed by atoms with Crippen molar-refractivity contribution in [1.29, 1.82) is 0 Å². The minimum atomic E-state index is -0.510. The average Bonchev–Trinajstić information content (AvgIpc) is 3.23. The molecule has 0 radical (unpaired) electrons. The van der Waals surface area contributed by atoms with Crippen LogP contribution in [0.4, 0.5) is 0 Å². The largest absolute Gasteiger partial charge is 0.482 e. The third-order valence-corrected chi connectivity index (χ3v) is 4.13. The highest BCUT2D eigenvalue weighted by atomic mass is 79.9. The van der Waals surface area contributed by atoms with Gasteiger partial charge in [-0.15, -0.1) is 11.3 Å². The number of aromatic nitrogens is 2. The van der Waals surface area contributed by atoms with Gasteiger partial charge in [-0.1, -0.05) is 27.2 Å². The van der Waals surface area contributed by atoms with E-state index in [1.54, 1.807) is 12.1 Å². The SMILES string of the molecule is O=C(COc1ccc(Br)cc1)OCc1nc(-c2cccs2)no1. The van der Waals surface area contributed by atoms with Gasteiger partial charge in [0.15, 0.2) is 13.2 Å². The first kappa shape index (κ1) is 15.7. The van der Waals surface area contributed by atoms with Gasteiger partial charge in [0.2, 0.25) is 5.82 Å². The van der Waals surface area contributed by atoms with Crippen molar-refractivity contribution in [2.45, 2.75) is 6.61 Å². The first-order valence-electron chi connectivity index (χ1n) is 6.61. The molecule has 23 heavy (non-hydrogen) atoms. The molecule has 0 amide bonds. The molecular weight excluding hydrogens is 384 g/mol. The summed E-state index contributed by atoms with van der Waals surface area (Å²) in [6, 6.07) is 10.9. The van der Waals surface area contributed by atoms with Crippen LogP contribution in [0.2, 0.25) is 0 Å². The lowest BCUT2D eigenvalue weighted by Crippen LogP contribution is -2.14. The van der Waals surface area contributed by atoms with E-state index in [0.29, 0.717) is 11.6 Å². The molecule has 2 heterocycles. The molecule has 0 unspecified atom stereocenters. The Labute approximate surface area is 144 Å². The molecule has 118 valence electrons.